The summed E-state index contributed by atoms with van der Waals surface area (Å²) in [6, 6.07) is 21.5. The number of benzene rings is 3. The number of hydrogen-bond donors (Lipinski definition) is 2. The molecule has 6 heteroatoms. The maximum absolute atomic E-state index is 13.5. The number of ketones is 1. The van der Waals surface area contributed by atoms with Crippen molar-refractivity contribution in [2.24, 2.45) is 0 Å². The molecule has 1 aliphatic rings. The SMILES string of the molecule is CC(C)Oc1ccc(/C(O)=C2\C(=O)C(=O)N(c3ccc(C(C)C)cc3)C2c2c[nH]c3ccccc23)cc1. The van der Waals surface area contributed by atoms with Crippen LogP contribution in [0.5, 0.6) is 5.75 Å². The zero-order chi connectivity index (χ0) is 26.3. The summed E-state index contributed by atoms with van der Waals surface area (Å²) in [5.41, 5.74) is 3.85. The lowest BCUT2D eigenvalue weighted by atomic mass is 9.94. The lowest BCUT2D eigenvalue weighted by Gasteiger charge is -2.25. The first-order valence-electron chi connectivity index (χ1n) is 12.5. The van der Waals surface area contributed by atoms with Crippen LogP contribution in [0.4, 0.5) is 5.69 Å². The standard InChI is InChI=1S/C31H30N2O4/c1-18(2)20-9-13-22(14-10-20)33-28(25-17-32-26-8-6-5-7-24(25)26)27(30(35)31(33)36)29(34)21-11-15-23(16-12-21)37-19(3)4/h5-19,28,32,34H,1-4H3/b29-27+. The molecule has 2 heterocycles. The number of nitrogens with one attached hydrogen (secondary N) is 1. The van der Waals surface area contributed by atoms with Crippen molar-refractivity contribution in [1.82, 2.24) is 4.98 Å². The summed E-state index contributed by atoms with van der Waals surface area (Å²) >= 11 is 0. The number of Topliss-reactive ketones (excluding diaryl/α,β-unsaturated/α-hetero) is 1. The Hall–Kier alpha value is -4.32. The molecule has 5 rings (SSSR count). The summed E-state index contributed by atoms with van der Waals surface area (Å²) in [4.78, 5) is 31.7. The molecule has 37 heavy (non-hydrogen) atoms. The molecule has 0 radical (unpaired) electrons. The van der Waals surface area contributed by atoms with Crippen LogP contribution < -0.4 is 9.64 Å². The summed E-state index contributed by atoms with van der Waals surface area (Å²) in [5, 5.41) is 12.3. The van der Waals surface area contributed by atoms with Crippen LogP contribution >= 0.6 is 0 Å². The predicted octanol–water partition coefficient (Wildman–Crippen LogP) is 6.70. The van der Waals surface area contributed by atoms with E-state index < -0.39 is 17.7 Å². The first-order valence-corrected chi connectivity index (χ1v) is 12.5. The fraction of sp³-hybridized carbons (Fsp3) is 0.226. The number of nitrogens with zero attached hydrogens (tertiary/aromatic N) is 1. The Bertz CT molecular complexity index is 1490. The quantitative estimate of drug-likeness (QED) is 0.177. The second kappa shape index (κ2) is 9.62. The Morgan fingerprint density at radius 3 is 2.24 bits per heavy atom. The molecule has 0 spiro atoms. The molecule has 2 N–H and O–H groups in total. The number of fused-ring (bicyclic) bond motifs is 1. The van der Waals surface area contributed by atoms with Gasteiger partial charge < -0.3 is 14.8 Å². The average molecular weight is 495 g/mol. The number of aliphatic hydroxyl groups is 1. The van der Waals surface area contributed by atoms with Crippen molar-refractivity contribution in [2.75, 3.05) is 4.90 Å². The number of ether oxygens (including phenoxy) is 1. The number of para-hydroxylation sites is 1. The Labute approximate surface area is 216 Å². The zero-order valence-corrected chi connectivity index (χ0v) is 21.4. The second-order valence-electron chi connectivity index (χ2n) is 9.90. The van der Waals surface area contributed by atoms with Crippen LogP contribution in [-0.4, -0.2) is 27.9 Å². The number of aromatic nitrogens is 1. The monoisotopic (exact) mass is 494 g/mol. The molecule has 6 nitrogen and oxygen atoms in total. The first-order chi connectivity index (χ1) is 17.8. The maximum Gasteiger partial charge on any atom is 0.300 e. The molecule has 1 saturated heterocycles. The molecule has 1 atom stereocenters. The van der Waals surface area contributed by atoms with Gasteiger partial charge in [-0.1, -0.05) is 44.2 Å². The molecule has 188 valence electrons. The summed E-state index contributed by atoms with van der Waals surface area (Å²) in [5.74, 6) is -0.620. The van der Waals surface area contributed by atoms with E-state index in [1.165, 1.54) is 4.90 Å². The van der Waals surface area contributed by atoms with E-state index in [1.54, 1.807) is 24.3 Å². The van der Waals surface area contributed by atoms with Gasteiger partial charge in [-0.25, -0.2) is 0 Å². The van der Waals surface area contributed by atoms with E-state index in [1.807, 2.05) is 68.6 Å². The number of aliphatic hydroxyl groups excluding tert-OH is 1. The van der Waals surface area contributed by atoms with Crippen LogP contribution in [0.1, 0.15) is 56.3 Å². The number of amides is 1. The number of aromatic amines is 1. The Balaban J connectivity index is 1.68. The van der Waals surface area contributed by atoms with Gasteiger partial charge in [0.2, 0.25) is 0 Å². The van der Waals surface area contributed by atoms with Gasteiger partial charge >= 0.3 is 0 Å². The fourth-order valence-corrected chi connectivity index (χ4v) is 4.85. The van der Waals surface area contributed by atoms with Crippen LogP contribution in [0, 0.1) is 0 Å². The fourth-order valence-electron chi connectivity index (χ4n) is 4.85. The van der Waals surface area contributed by atoms with E-state index in [-0.39, 0.29) is 17.4 Å². The minimum atomic E-state index is -0.798. The molecular weight excluding hydrogens is 464 g/mol. The van der Waals surface area contributed by atoms with Crippen LogP contribution in [-0.2, 0) is 9.59 Å². The van der Waals surface area contributed by atoms with Crippen molar-refractivity contribution in [2.45, 2.75) is 45.8 Å². The molecule has 0 bridgehead atoms. The van der Waals surface area contributed by atoms with Crippen LogP contribution in [0.3, 0.4) is 0 Å². The topological polar surface area (TPSA) is 82.6 Å². The zero-order valence-electron chi connectivity index (χ0n) is 21.4. The van der Waals surface area contributed by atoms with Crippen LogP contribution in [0.2, 0.25) is 0 Å². The number of hydrogen-bond acceptors (Lipinski definition) is 4. The number of carbonyl (C=O) groups is 2. The van der Waals surface area contributed by atoms with E-state index >= 15 is 0 Å². The molecule has 0 saturated carbocycles. The van der Waals surface area contributed by atoms with Crippen molar-refractivity contribution in [1.29, 1.82) is 0 Å². The van der Waals surface area contributed by atoms with Gasteiger partial charge in [-0.2, -0.15) is 0 Å². The summed E-state index contributed by atoms with van der Waals surface area (Å²) in [6.45, 7) is 8.07. The van der Waals surface area contributed by atoms with E-state index in [9.17, 15) is 14.7 Å². The molecule has 1 aromatic heterocycles. The number of H-pyrrole nitrogens is 1. The summed E-state index contributed by atoms with van der Waals surface area (Å²) in [6.07, 6.45) is 1.82. The highest BCUT2D eigenvalue weighted by atomic mass is 16.5. The minimum Gasteiger partial charge on any atom is -0.507 e. The maximum atomic E-state index is 13.5. The second-order valence-corrected chi connectivity index (χ2v) is 9.90. The average Bonchev–Trinajstić information content (AvgIpc) is 3.42. The number of carbonyl (C=O) groups excluding carboxylic acids is 2. The lowest BCUT2D eigenvalue weighted by Crippen LogP contribution is -2.29. The van der Waals surface area contributed by atoms with Crippen molar-refractivity contribution in [3.8, 4) is 5.75 Å². The van der Waals surface area contributed by atoms with Gasteiger partial charge in [-0.3, -0.25) is 14.5 Å². The van der Waals surface area contributed by atoms with Crippen LogP contribution in [0.25, 0.3) is 16.7 Å². The highest BCUT2D eigenvalue weighted by Crippen LogP contribution is 2.44. The smallest absolute Gasteiger partial charge is 0.300 e. The minimum absolute atomic E-state index is 0.00808. The van der Waals surface area contributed by atoms with Gasteiger partial charge in [0, 0.05) is 33.9 Å². The molecule has 0 aliphatic carbocycles. The van der Waals surface area contributed by atoms with Crippen molar-refractivity contribution in [3.05, 3.63) is 101 Å². The largest absolute Gasteiger partial charge is 0.507 e. The summed E-state index contributed by atoms with van der Waals surface area (Å²) < 4.78 is 5.71. The molecule has 1 fully saturated rings. The Morgan fingerprint density at radius 2 is 1.59 bits per heavy atom. The third-order valence-corrected chi connectivity index (χ3v) is 6.70. The van der Waals surface area contributed by atoms with Gasteiger partial charge in [0.25, 0.3) is 11.7 Å². The van der Waals surface area contributed by atoms with Crippen molar-refractivity contribution >= 4 is 34.0 Å². The van der Waals surface area contributed by atoms with Crippen LogP contribution in [0.15, 0.2) is 84.6 Å². The molecule has 1 amide bonds. The van der Waals surface area contributed by atoms with Gasteiger partial charge in [-0.05, 0) is 67.8 Å². The Kier molecular flexibility index (Phi) is 6.34. The van der Waals surface area contributed by atoms with E-state index in [2.05, 4.69) is 18.8 Å². The lowest BCUT2D eigenvalue weighted by molar-refractivity contribution is -0.132. The van der Waals surface area contributed by atoms with E-state index in [4.69, 9.17) is 4.74 Å². The van der Waals surface area contributed by atoms with Gasteiger partial charge in [0.15, 0.2) is 0 Å². The van der Waals surface area contributed by atoms with Gasteiger partial charge in [0.1, 0.15) is 11.5 Å². The van der Waals surface area contributed by atoms with Gasteiger partial charge in [-0.15, -0.1) is 0 Å². The van der Waals surface area contributed by atoms with E-state index in [0.29, 0.717) is 22.9 Å². The third kappa shape index (κ3) is 4.40. The third-order valence-electron chi connectivity index (χ3n) is 6.70. The van der Waals surface area contributed by atoms with E-state index in [0.717, 1.165) is 22.0 Å². The molecule has 3 aromatic carbocycles. The van der Waals surface area contributed by atoms with Gasteiger partial charge in [0.05, 0.1) is 17.7 Å². The normalized spacial score (nSPS) is 17.4. The Morgan fingerprint density at radius 1 is 0.919 bits per heavy atom. The summed E-state index contributed by atoms with van der Waals surface area (Å²) in [7, 11) is 0. The highest BCUT2D eigenvalue weighted by Gasteiger charge is 2.47. The number of anilines is 1. The molecule has 4 aromatic rings. The molecular formula is C31H30N2O4. The highest BCUT2D eigenvalue weighted by molar-refractivity contribution is 6.51. The molecule has 1 aliphatic heterocycles. The van der Waals surface area contributed by atoms with Crippen molar-refractivity contribution < 1.29 is 19.4 Å². The predicted molar refractivity (Wildman–Crippen MR) is 146 cm³/mol. The molecule has 1 unspecified atom stereocenters. The first kappa shape index (κ1) is 24.4. The number of rotatable bonds is 6. The van der Waals surface area contributed by atoms with Crippen molar-refractivity contribution in [3.63, 3.8) is 0 Å².